The quantitative estimate of drug-likeness (QED) is 0.149. The lowest BCUT2D eigenvalue weighted by Crippen LogP contribution is -2.34. The van der Waals surface area contributed by atoms with Gasteiger partial charge in [-0.1, -0.05) is 56.0 Å². The monoisotopic (exact) mass is 527 g/mol. The molecule has 0 bridgehead atoms. The fourth-order valence-corrected chi connectivity index (χ4v) is 5.65. The van der Waals surface area contributed by atoms with Crippen molar-refractivity contribution in [2.75, 3.05) is 26.9 Å². The maximum absolute atomic E-state index is 10.8. The smallest absolute Gasteiger partial charge is 0.130 e. The first-order valence-electron chi connectivity index (χ1n) is 14.0. The van der Waals surface area contributed by atoms with Crippen LogP contribution >= 0.6 is 0 Å². The Morgan fingerprint density at radius 2 is 1.67 bits per heavy atom. The molecule has 1 aromatic heterocycles. The molecule has 5 heteroatoms. The molecule has 0 spiro atoms. The van der Waals surface area contributed by atoms with Gasteiger partial charge in [0.1, 0.15) is 5.60 Å². The number of hydrogen-bond acceptors (Lipinski definition) is 5. The lowest BCUT2D eigenvalue weighted by molar-refractivity contribution is -0.271. The number of pyridine rings is 1. The van der Waals surface area contributed by atoms with Gasteiger partial charge in [-0.05, 0) is 72.2 Å². The highest BCUT2D eigenvalue weighted by Gasteiger charge is 2.32. The third-order valence-electron chi connectivity index (χ3n) is 8.21. The molecule has 0 unspecified atom stereocenters. The molecular weight excluding hydrogens is 486 g/mol. The summed E-state index contributed by atoms with van der Waals surface area (Å²) in [5.41, 5.74) is 8.32. The summed E-state index contributed by atoms with van der Waals surface area (Å²) in [4.78, 5) is 14.2. The van der Waals surface area contributed by atoms with Crippen molar-refractivity contribution < 1.29 is 19.6 Å². The molecule has 206 valence electrons. The Bertz CT molecular complexity index is 1330. The number of aliphatic hydroxyl groups is 1. The summed E-state index contributed by atoms with van der Waals surface area (Å²) >= 11 is 0. The van der Waals surface area contributed by atoms with E-state index in [0.717, 1.165) is 41.5 Å². The third kappa shape index (κ3) is 6.59. The van der Waals surface area contributed by atoms with Gasteiger partial charge in [0, 0.05) is 48.2 Å². The van der Waals surface area contributed by atoms with Crippen molar-refractivity contribution >= 4 is 0 Å². The number of hydrogen-bond donors (Lipinski definition) is 1. The molecule has 2 heterocycles. The molecule has 2 aromatic carbocycles. The van der Waals surface area contributed by atoms with Crippen molar-refractivity contribution in [3.05, 3.63) is 88.2 Å². The van der Waals surface area contributed by atoms with E-state index in [2.05, 4.69) is 87.0 Å². The third-order valence-corrected chi connectivity index (χ3v) is 8.21. The molecule has 1 aliphatic rings. The summed E-state index contributed by atoms with van der Waals surface area (Å²) in [6.07, 6.45) is 7.65. The number of benzene rings is 2. The van der Waals surface area contributed by atoms with Gasteiger partial charge in [-0.2, -0.15) is 0 Å². The van der Waals surface area contributed by atoms with Gasteiger partial charge < -0.3 is 9.84 Å². The van der Waals surface area contributed by atoms with Gasteiger partial charge in [0.05, 0.1) is 26.9 Å². The van der Waals surface area contributed by atoms with Crippen molar-refractivity contribution in [3.8, 4) is 23.0 Å². The number of rotatable bonds is 9. The molecule has 1 aliphatic heterocycles. The summed E-state index contributed by atoms with van der Waals surface area (Å²) in [5.74, 6) is 6.38. The summed E-state index contributed by atoms with van der Waals surface area (Å²) in [5, 5.41) is 10.8. The van der Waals surface area contributed by atoms with Gasteiger partial charge in [0.2, 0.25) is 0 Å². The van der Waals surface area contributed by atoms with Crippen molar-refractivity contribution in [2.45, 2.75) is 70.8 Å². The van der Waals surface area contributed by atoms with Gasteiger partial charge in [-0.15, -0.1) is 0 Å². The highest BCUT2D eigenvalue weighted by atomic mass is 17.2. The molecule has 1 fully saturated rings. The van der Waals surface area contributed by atoms with Gasteiger partial charge in [0.15, 0.2) is 0 Å². The zero-order valence-corrected chi connectivity index (χ0v) is 24.0. The fourth-order valence-electron chi connectivity index (χ4n) is 5.65. The van der Waals surface area contributed by atoms with Crippen LogP contribution in [0.1, 0.15) is 72.9 Å². The van der Waals surface area contributed by atoms with Crippen molar-refractivity contribution in [1.29, 1.82) is 0 Å². The van der Waals surface area contributed by atoms with Crippen LogP contribution in [0.4, 0.5) is 0 Å². The second-order valence-electron chi connectivity index (χ2n) is 10.6. The number of aryl methyl sites for hydroxylation is 2. The molecule has 39 heavy (non-hydrogen) atoms. The van der Waals surface area contributed by atoms with Crippen LogP contribution in [-0.4, -0.2) is 42.6 Å². The maximum Gasteiger partial charge on any atom is 0.130 e. The standard InChI is InChI=1S/C34H41NO4/c1-6-34(7-2,30-9-8-28(25(3)20-30)12-14-33(36)15-18-38-19-16-33)31-10-11-32(26(4)21-31)29-22-27(23-35-24-29)13-17-39-37-5/h8-11,20-24,36H,6-7,13,15-19H2,1-5H3. The normalized spacial score (nSPS) is 15.0. The van der Waals surface area contributed by atoms with Crippen LogP contribution < -0.4 is 0 Å². The number of aromatic nitrogens is 1. The van der Waals surface area contributed by atoms with Crippen molar-refractivity contribution in [3.63, 3.8) is 0 Å². The molecular formula is C34H41NO4. The zero-order chi connectivity index (χ0) is 27.9. The van der Waals surface area contributed by atoms with Crippen LogP contribution in [0.3, 0.4) is 0 Å². The van der Waals surface area contributed by atoms with E-state index in [4.69, 9.17) is 14.5 Å². The van der Waals surface area contributed by atoms with Crippen LogP contribution in [0.5, 0.6) is 0 Å². The number of nitrogens with zero attached hydrogens (tertiary/aromatic N) is 1. The SMILES string of the molecule is CCC(CC)(c1ccc(C#CC2(O)CCOCC2)c(C)c1)c1ccc(-c2cncc(CCOOC)c2)c(C)c1. The lowest BCUT2D eigenvalue weighted by atomic mass is 9.69. The van der Waals surface area contributed by atoms with Crippen LogP contribution in [0.15, 0.2) is 54.9 Å². The molecule has 0 amide bonds. The Labute approximate surface area is 233 Å². The fraction of sp³-hybridized carbons (Fsp3) is 0.441. The van der Waals surface area contributed by atoms with E-state index in [9.17, 15) is 5.11 Å². The van der Waals surface area contributed by atoms with Gasteiger partial charge in [0.25, 0.3) is 0 Å². The summed E-state index contributed by atoms with van der Waals surface area (Å²) in [6, 6.07) is 15.7. The summed E-state index contributed by atoms with van der Waals surface area (Å²) in [6.45, 7) is 10.4. The maximum atomic E-state index is 10.8. The average molecular weight is 528 g/mol. The Balaban J connectivity index is 1.63. The highest BCUT2D eigenvalue weighted by molar-refractivity contribution is 5.68. The first-order valence-corrected chi connectivity index (χ1v) is 14.0. The predicted molar refractivity (Wildman–Crippen MR) is 155 cm³/mol. The van der Waals surface area contributed by atoms with Crippen LogP contribution in [-0.2, 0) is 26.3 Å². The Morgan fingerprint density at radius 3 is 2.31 bits per heavy atom. The van der Waals surface area contributed by atoms with E-state index in [-0.39, 0.29) is 5.41 Å². The average Bonchev–Trinajstić information content (AvgIpc) is 2.94. The first kappa shape index (κ1) is 29.0. The Hall–Kier alpha value is -3.01. The first-order chi connectivity index (χ1) is 18.8. The van der Waals surface area contributed by atoms with E-state index >= 15 is 0 Å². The molecule has 1 N–H and O–H groups in total. The minimum atomic E-state index is -0.952. The Morgan fingerprint density at radius 1 is 0.974 bits per heavy atom. The van der Waals surface area contributed by atoms with E-state index in [1.165, 1.54) is 29.4 Å². The van der Waals surface area contributed by atoms with Crippen LogP contribution in [0.2, 0.25) is 0 Å². The minimum absolute atomic E-state index is 0.101. The lowest BCUT2D eigenvalue weighted by Gasteiger charge is -2.34. The molecule has 0 atom stereocenters. The Kier molecular flexibility index (Phi) is 9.58. The summed E-state index contributed by atoms with van der Waals surface area (Å²) < 4.78 is 5.38. The molecule has 3 aromatic rings. The highest BCUT2D eigenvalue weighted by Crippen LogP contribution is 2.41. The minimum Gasteiger partial charge on any atom is -0.381 e. The van der Waals surface area contributed by atoms with Crippen molar-refractivity contribution in [2.24, 2.45) is 0 Å². The van der Waals surface area contributed by atoms with Gasteiger partial charge in [-0.3, -0.25) is 4.98 Å². The van der Waals surface area contributed by atoms with Gasteiger partial charge in [-0.25, -0.2) is 9.78 Å². The zero-order valence-electron chi connectivity index (χ0n) is 24.0. The molecule has 4 rings (SSSR count). The summed E-state index contributed by atoms with van der Waals surface area (Å²) in [7, 11) is 1.52. The topological polar surface area (TPSA) is 60.8 Å². The van der Waals surface area contributed by atoms with E-state index in [0.29, 0.717) is 32.7 Å². The molecule has 0 aliphatic carbocycles. The number of ether oxygens (including phenoxy) is 1. The molecule has 0 radical (unpaired) electrons. The molecule has 0 saturated carbocycles. The largest absolute Gasteiger partial charge is 0.381 e. The van der Waals surface area contributed by atoms with E-state index < -0.39 is 5.60 Å². The van der Waals surface area contributed by atoms with Crippen LogP contribution in [0, 0.1) is 25.7 Å². The van der Waals surface area contributed by atoms with E-state index in [1.54, 1.807) is 0 Å². The molecule has 1 saturated heterocycles. The predicted octanol–water partition coefficient (Wildman–Crippen LogP) is 6.49. The second-order valence-corrected chi connectivity index (χ2v) is 10.6. The second kappa shape index (κ2) is 12.9. The van der Waals surface area contributed by atoms with Gasteiger partial charge >= 0.3 is 0 Å². The van der Waals surface area contributed by atoms with Crippen LogP contribution in [0.25, 0.3) is 11.1 Å². The van der Waals surface area contributed by atoms with Crippen molar-refractivity contribution in [1.82, 2.24) is 4.98 Å². The molecule has 5 nitrogen and oxygen atoms in total. The van der Waals surface area contributed by atoms with E-state index in [1.807, 2.05) is 12.4 Å².